The first-order chi connectivity index (χ1) is 35.4. The highest BCUT2D eigenvalue weighted by Crippen LogP contribution is 2.42. The molecule has 4 fully saturated rings. The topological polar surface area (TPSA) is 144 Å². The average molecular weight is 1060 g/mol. The smallest absolute Gasteiger partial charge is 0.265 e. The van der Waals surface area contributed by atoms with Gasteiger partial charge in [-0.2, -0.15) is 0 Å². The Labute approximate surface area is 441 Å². The fourth-order valence-corrected chi connectivity index (χ4v) is 9.40. The molecular weight excluding hydrogens is 1000 g/mol. The van der Waals surface area contributed by atoms with Crippen LogP contribution in [0.4, 0.5) is 0 Å². The van der Waals surface area contributed by atoms with Crippen LogP contribution in [-0.4, -0.2) is 109 Å². The zero-order chi connectivity index (χ0) is 50.8. The van der Waals surface area contributed by atoms with E-state index in [1.54, 1.807) is 20.8 Å². The number of alkyl halides is 3. The van der Waals surface area contributed by atoms with Crippen molar-refractivity contribution in [2.45, 2.75) is 143 Å². The normalized spacial score (nSPS) is 30.1. The molecule has 13 atom stereocenters. The molecular formula is C56H62Cl3NO13. The van der Waals surface area contributed by atoms with Crippen molar-refractivity contribution in [3.8, 4) is 0 Å². The van der Waals surface area contributed by atoms with Gasteiger partial charge in [-0.1, -0.05) is 186 Å². The van der Waals surface area contributed by atoms with E-state index in [-0.39, 0.29) is 39.6 Å². The summed E-state index contributed by atoms with van der Waals surface area (Å²) in [5.41, 5.74) is 4.78. The summed E-state index contributed by atoms with van der Waals surface area (Å²) >= 11 is 18.1. The molecule has 4 aliphatic heterocycles. The molecule has 0 bridgehead atoms. The third-order valence-corrected chi connectivity index (χ3v) is 13.4. The molecule has 17 heteroatoms. The standard InChI is InChI=1S/C56H62Cl3NO13/c1-36-44(47-50(73-55(2,3)72-47)53(68-36)71-54(60)56(57,58)59)69-52-49(65-33-41-27-17-8-18-28-41)46(43(35-67-52)62-30-38-21-11-5-12-22-38)70-51-48(64-32-40-25-15-7-16-26-40)45(63-31-39-23-13-6-14-24-39)42(34-66-51)61-29-37-19-9-4-10-20-37/h4-28,36,42-53,60H,29-35H2,1-3H3/t36-,42-,43-,44+,45?,46?,47?,48?,49?,50?,51+,52+,53+/m1/s1. The molecule has 4 aliphatic rings. The van der Waals surface area contributed by atoms with Gasteiger partial charge in [-0.05, 0) is 48.6 Å². The van der Waals surface area contributed by atoms with Crippen molar-refractivity contribution in [1.29, 1.82) is 5.41 Å². The van der Waals surface area contributed by atoms with Crippen LogP contribution in [0.5, 0.6) is 0 Å². The SMILES string of the molecule is C[C@H]1O[C@@H](OC(=N)C(Cl)(Cl)Cl)C2OC(C)(C)OC2[C@H]1O[C@@H]1OC[C@@H](OCc2ccccc2)C(O[C@@H]2OC[C@@H](OCc3ccccc3)C(OCc3ccccc3)C2OCc2ccccc2)C1OCc1ccccc1. The van der Waals surface area contributed by atoms with Gasteiger partial charge in [0.25, 0.3) is 3.79 Å². The van der Waals surface area contributed by atoms with E-state index >= 15 is 0 Å². The fraction of sp³-hybridized carbons (Fsp3) is 0.446. The van der Waals surface area contributed by atoms with Crippen LogP contribution in [0.25, 0.3) is 0 Å². The summed E-state index contributed by atoms with van der Waals surface area (Å²) in [6.45, 7) is 6.68. The highest BCUT2D eigenvalue weighted by molar-refractivity contribution is 6.76. The van der Waals surface area contributed by atoms with Crippen molar-refractivity contribution >= 4 is 40.7 Å². The maximum absolute atomic E-state index is 8.33. The Morgan fingerprint density at radius 1 is 0.493 bits per heavy atom. The Bertz CT molecular complexity index is 2450. The first kappa shape index (κ1) is 53.8. The number of hydrogen-bond acceptors (Lipinski definition) is 14. The van der Waals surface area contributed by atoms with E-state index in [1.807, 2.05) is 152 Å². The largest absolute Gasteiger partial charge is 0.445 e. The van der Waals surface area contributed by atoms with Gasteiger partial charge >= 0.3 is 0 Å². The molecule has 0 aromatic heterocycles. The van der Waals surface area contributed by atoms with Crippen LogP contribution in [0.1, 0.15) is 48.6 Å². The number of benzene rings is 5. The van der Waals surface area contributed by atoms with E-state index in [9.17, 15) is 0 Å². The van der Waals surface area contributed by atoms with E-state index in [4.69, 9.17) is 102 Å². The lowest BCUT2D eigenvalue weighted by atomic mass is 9.98. The van der Waals surface area contributed by atoms with Gasteiger partial charge < -0.3 is 61.6 Å². The van der Waals surface area contributed by atoms with Gasteiger partial charge in [0.05, 0.1) is 52.4 Å². The summed E-state index contributed by atoms with van der Waals surface area (Å²) in [5.74, 6) is -1.74. The molecule has 5 aromatic carbocycles. The summed E-state index contributed by atoms with van der Waals surface area (Å²) in [5, 5.41) is 8.33. The molecule has 0 radical (unpaired) electrons. The monoisotopic (exact) mass is 1060 g/mol. The molecule has 5 aromatic rings. The molecule has 1 N–H and O–H groups in total. The number of rotatable bonds is 20. The molecule has 390 valence electrons. The van der Waals surface area contributed by atoms with Crippen molar-refractivity contribution in [2.24, 2.45) is 0 Å². The lowest BCUT2D eigenvalue weighted by molar-refractivity contribution is -0.367. The van der Waals surface area contributed by atoms with Crippen LogP contribution in [0.2, 0.25) is 0 Å². The number of fused-ring (bicyclic) bond motifs is 1. The van der Waals surface area contributed by atoms with Crippen LogP contribution in [0.15, 0.2) is 152 Å². The maximum atomic E-state index is 8.33. The minimum absolute atomic E-state index is 0.0252. The number of hydrogen-bond donors (Lipinski definition) is 1. The van der Waals surface area contributed by atoms with Crippen LogP contribution < -0.4 is 0 Å². The van der Waals surface area contributed by atoms with Gasteiger partial charge in [-0.3, -0.25) is 5.41 Å². The van der Waals surface area contributed by atoms with E-state index in [2.05, 4.69) is 0 Å². The lowest BCUT2D eigenvalue weighted by Crippen LogP contribution is -2.64. The predicted octanol–water partition coefficient (Wildman–Crippen LogP) is 10.0. The maximum Gasteiger partial charge on any atom is 0.265 e. The van der Waals surface area contributed by atoms with Crippen LogP contribution in [-0.2, 0) is 94.6 Å². The summed E-state index contributed by atoms with van der Waals surface area (Å²) in [4.78, 5) is 0. The highest BCUT2D eigenvalue weighted by Gasteiger charge is 2.59. The van der Waals surface area contributed by atoms with E-state index in [0.717, 1.165) is 27.8 Å². The minimum Gasteiger partial charge on any atom is -0.445 e. The highest BCUT2D eigenvalue weighted by atomic mass is 35.6. The third-order valence-electron chi connectivity index (χ3n) is 12.9. The summed E-state index contributed by atoms with van der Waals surface area (Å²) in [6, 6.07) is 49.5. The Kier molecular flexibility index (Phi) is 18.6. The van der Waals surface area contributed by atoms with Gasteiger partial charge in [0.2, 0.25) is 12.2 Å². The molecule has 6 unspecified atom stereocenters. The van der Waals surface area contributed by atoms with Crippen molar-refractivity contribution in [3.63, 3.8) is 0 Å². The van der Waals surface area contributed by atoms with Crippen molar-refractivity contribution in [2.75, 3.05) is 13.2 Å². The molecule has 0 aliphatic carbocycles. The second-order valence-electron chi connectivity index (χ2n) is 18.8. The molecule has 4 heterocycles. The number of halogens is 3. The second kappa shape index (κ2) is 25.2. The van der Waals surface area contributed by atoms with Gasteiger partial charge in [-0.25, -0.2) is 0 Å². The average Bonchev–Trinajstić information content (AvgIpc) is 3.74. The Morgan fingerprint density at radius 3 is 1.27 bits per heavy atom. The van der Waals surface area contributed by atoms with Crippen molar-refractivity contribution in [1.82, 2.24) is 0 Å². The van der Waals surface area contributed by atoms with Crippen molar-refractivity contribution < 1.29 is 61.6 Å². The molecule has 4 saturated heterocycles. The van der Waals surface area contributed by atoms with Crippen LogP contribution >= 0.6 is 34.8 Å². The summed E-state index contributed by atoms with van der Waals surface area (Å²) in [6.07, 6.45) is -11.3. The number of nitrogens with one attached hydrogen (secondary N) is 1. The van der Waals surface area contributed by atoms with Gasteiger partial charge in [0.1, 0.15) is 48.8 Å². The van der Waals surface area contributed by atoms with Gasteiger partial charge in [0, 0.05) is 0 Å². The second-order valence-corrected chi connectivity index (χ2v) is 21.1. The summed E-state index contributed by atoms with van der Waals surface area (Å²) < 4.78 is 84.8. The van der Waals surface area contributed by atoms with Gasteiger partial charge in [-0.15, -0.1) is 0 Å². The molecule has 0 spiro atoms. The van der Waals surface area contributed by atoms with Crippen molar-refractivity contribution in [3.05, 3.63) is 179 Å². The van der Waals surface area contributed by atoms with Crippen LogP contribution in [0.3, 0.4) is 0 Å². The molecule has 14 nitrogen and oxygen atoms in total. The number of ether oxygens (including phenoxy) is 13. The first-order valence-electron chi connectivity index (χ1n) is 24.5. The molecule has 9 rings (SSSR count). The predicted molar refractivity (Wildman–Crippen MR) is 272 cm³/mol. The lowest BCUT2D eigenvalue weighted by Gasteiger charge is -2.48. The quantitative estimate of drug-likeness (QED) is 0.0449. The van der Waals surface area contributed by atoms with E-state index < -0.39 is 95.4 Å². The molecule has 73 heavy (non-hydrogen) atoms. The minimum atomic E-state index is -2.14. The van der Waals surface area contributed by atoms with E-state index in [1.165, 1.54) is 0 Å². The third kappa shape index (κ3) is 14.5. The zero-order valence-corrected chi connectivity index (χ0v) is 43.1. The fourth-order valence-electron chi connectivity index (χ4n) is 9.27. The first-order valence-corrected chi connectivity index (χ1v) is 25.7. The molecule has 0 saturated carbocycles. The zero-order valence-electron chi connectivity index (χ0n) is 40.8. The Morgan fingerprint density at radius 2 is 0.849 bits per heavy atom. The van der Waals surface area contributed by atoms with E-state index in [0.29, 0.717) is 6.61 Å². The molecule has 0 amide bonds. The van der Waals surface area contributed by atoms with Gasteiger partial charge in [0.15, 0.2) is 24.5 Å². The Balaban J connectivity index is 1.05. The summed E-state index contributed by atoms with van der Waals surface area (Å²) in [7, 11) is 0. The van der Waals surface area contributed by atoms with Crippen LogP contribution in [0, 0.1) is 5.41 Å². The Hall–Kier alpha value is -4.04.